The van der Waals surface area contributed by atoms with Gasteiger partial charge < -0.3 is 14.5 Å². The van der Waals surface area contributed by atoms with Gasteiger partial charge in [0.05, 0.1) is 17.6 Å². The van der Waals surface area contributed by atoms with Gasteiger partial charge in [-0.2, -0.15) is 0 Å². The van der Waals surface area contributed by atoms with Crippen LogP contribution < -0.4 is 10.1 Å². The fraction of sp³-hybridized carbons (Fsp3) is 0.333. The van der Waals surface area contributed by atoms with Crippen molar-refractivity contribution in [2.75, 3.05) is 6.61 Å². The summed E-state index contributed by atoms with van der Waals surface area (Å²) in [6, 6.07) is 10.4. The fourth-order valence-corrected chi connectivity index (χ4v) is 2.53. The van der Waals surface area contributed by atoms with Crippen molar-refractivity contribution in [3.8, 4) is 5.75 Å². The van der Waals surface area contributed by atoms with Crippen molar-refractivity contribution < 1.29 is 9.15 Å². The Labute approximate surface area is 136 Å². The van der Waals surface area contributed by atoms with E-state index in [2.05, 4.69) is 56.2 Å². The maximum absolute atomic E-state index is 5.54. The first-order valence-corrected chi connectivity index (χ1v) is 8.08. The largest absolute Gasteiger partial charge is 0.494 e. The van der Waals surface area contributed by atoms with E-state index in [1.807, 2.05) is 25.1 Å². The highest BCUT2D eigenvalue weighted by Crippen LogP contribution is 2.27. The smallest absolute Gasteiger partial charge is 0.183 e. The molecule has 20 heavy (non-hydrogen) atoms. The summed E-state index contributed by atoms with van der Waals surface area (Å²) in [6.45, 7) is 5.48. The topological polar surface area (TPSA) is 34.4 Å². The molecule has 1 N–H and O–H groups in total. The highest BCUT2D eigenvalue weighted by molar-refractivity contribution is 9.13. The molecule has 0 spiro atoms. The van der Waals surface area contributed by atoms with Crippen LogP contribution in [0.25, 0.3) is 0 Å². The lowest BCUT2D eigenvalue weighted by Crippen LogP contribution is -2.17. The van der Waals surface area contributed by atoms with Crippen LogP contribution in [0.5, 0.6) is 5.75 Å². The van der Waals surface area contributed by atoms with E-state index in [1.54, 1.807) is 0 Å². The molecule has 0 fully saturated rings. The third kappa shape index (κ3) is 4.11. The molecule has 108 valence electrons. The molecule has 1 atom stereocenters. The van der Waals surface area contributed by atoms with Crippen molar-refractivity contribution in [3.63, 3.8) is 0 Å². The zero-order valence-electron chi connectivity index (χ0n) is 11.5. The zero-order valence-corrected chi connectivity index (χ0v) is 14.6. The van der Waals surface area contributed by atoms with E-state index in [-0.39, 0.29) is 6.04 Å². The normalized spacial score (nSPS) is 12.4. The van der Waals surface area contributed by atoms with E-state index in [1.165, 1.54) is 5.56 Å². The van der Waals surface area contributed by atoms with E-state index in [4.69, 9.17) is 9.15 Å². The van der Waals surface area contributed by atoms with Crippen LogP contribution in [0.15, 0.2) is 43.9 Å². The van der Waals surface area contributed by atoms with Gasteiger partial charge in [0.15, 0.2) is 4.67 Å². The molecular weight excluding hydrogens is 386 g/mol. The predicted octanol–water partition coefficient (Wildman–Crippen LogP) is 5.05. The third-order valence-electron chi connectivity index (χ3n) is 2.97. The second-order valence-corrected chi connectivity index (χ2v) is 6.01. The number of halogens is 2. The number of ether oxygens (including phenoxy) is 1. The summed E-state index contributed by atoms with van der Waals surface area (Å²) in [5.74, 6) is 1.80. The minimum atomic E-state index is 0.244. The first-order chi connectivity index (χ1) is 9.60. The zero-order chi connectivity index (χ0) is 14.5. The molecule has 1 aromatic carbocycles. The first kappa shape index (κ1) is 15.6. The average Bonchev–Trinajstić information content (AvgIpc) is 2.76. The number of hydrogen-bond donors (Lipinski definition) is 1. The molecule has 0 amide bonds. The van der Waals surface area contributed by atoms with E-state index >= 15 is 0 Å². The van der Waals surface area contributed by atoms with Crippen molar-refractivity contribution in [3.05, 3.63) is 50.8 Å². The van der Waals surface area contributed by atoms with E-state index in [9.17, 15) is 0 Å². The number of rotatable bonds is 6. The fourth-order valence-electron chi connectivity index (χ4n) is 1.87. The Balaban J connectivity index is 1.92. The Bertz CT molecular complexity index is 532. The van der Waals surface area contributed by atoms with Gasteiger partial charge in [-0.15, -0.1) is 0 Å². The second kappa shape index (κ2) is 7.29. The average molecular weight is 403 g/mol. The first-order valence-electron chi connectivity index (χ1n) is 6.50. The van der Waals surface area contributed by atoms with Crippen molar-refractivity contribution in [2.24, 2.45) is 0 Å². The lowest BCUT2D eigenvalue weighted by atomic mass is 10.1. The molecule has 1 aromatic heterocycles. The molecule has 2 rings (SSSR count). The number of benzene rings is 1. The summed E-state index contributed by atoms with van der Waals surface area (Å²) in [5, 5.41) is 3.43. The van der Waals surface area contributed by atoms with Gasteiger partial charge in [0, 0.05) is 6.04 Å². The lowest BCUT2D eigenvalue weighted by molar-refractivity contribution is 0.340. The molecule has 0 radical (unpaired) electrons. The molecule has 0 bridgehead atoms. The second-order valence-electron chi connectivity index (χ2n) is 4.44. The van der Waals surface area contributed by atoms with Crippen molar-refractivity contribution in [1.82, 2.24) is 5.32 Å². The predicted molar refractivity (Wildman–Crippen MR) is 87.0 cm³/mol. The third-order valence-corrected chi connectivity index (χ3v) is 4.68. The van der Waals surface area contributed by atoms with Crippen LogP contribution in [-0.4, -0.2) is 6.61 Å². The number of furan rings is 1. The van der Waals surface area contributed by atoms with Gasteiger partial charge in [-0.25, -0.2) is 0 Å². The summed E-state index contributed by atoms with van der Waals surface area (Å²) in [6.07, 6.45) is 0. The van der Waals surface area contributed by atoms with Crippen LogP contribution >= 0.6 is 31.9 Å². The quantitative estimate of drug-likeness (QED) is 0.733. The molecule has 5 heteroatoms. The van der Waals surface area contributed by atoms with E-state index in [0.29, 0.717) is 13.2 Å². The van der Waals surface area contributed by atoms with Gasteiger partial charge in [0.2, 0.25) is 0 Å². The van der Waals surface area contributed by atoms with Crippen LogP contribution in [0.4, 0.5) is 0 Å². The summed E-state index contributed by atoms with van der Waals surface area (Å²) in [4.78, 5) is 0. The van der Waals surface area contributed by atoms with Gasteiger partial charge in [0.1, 0.15) is 11.5 Å². The highest BCUT2D eigenvalue weighted by atomic mass is 79.9. The van der Waals surface area contributed by atoms with Gasteiger partial charge in [-0.05, 0) is 69.5 Å². The SMILES string of the molecule is CCOc1ccc(C(C)NCc2cc(Br)c(Br)o2)cc1. The van der Waals surface area contributed by atoms with E-state index < -0.39 is 0 Å². The van der Waals surface area contributed by atoms with Crippen LogP contribution in [-0.2, 0) is 6.54 Å². The lowest BCUT2D eigenvalue weighted by Gasteiger charge is -2.14. The number of hydrogen-bond acceptors (Lipinski definition) is 3. The van der Waals surface area contributed by atoms with E-state index in [0.717, 1.165) is 20.7 Å². The molecular formula is C15H17Br2NO2. The van der Waals surface area contributed by atoms with Gasteiger partial charge in [-0.1, -0.05) is 12.1 Å². The minimum absolute atomic E-state index is 0.244. The minimum Gasteiger partial charge on any atom is -0.494 e. The van der Waals surface area contributed by atoms with Crippen LogP contribution in [0.3, 0.4) is 0 Å². The standard InChI is InChI=1S/C15H17Br2NO2/c1-3-19-12-6-4-11(5-7-12)10(2)18-9-13-8-14(16)15(17)20-13/h4-8,10,18H,3,9H2,1-2H3. The Morgan fingerprint density at radius 1 is 1.25 bits per heavy atom. The molecule has 0 aliphatic carbocycles. The molecule has 2 aromatic rings. The van der Waals surface area contributed by atoms with Gasteiger partial charge >= 0.3 is 0 Å². The molecule has 0 saturated carbocycles. The van der Waals surface area contributed by atoms with Crippen LogP contribution in [0.2, 0.25) is 0 Å². The van der Waals surface area contributed by atoms with Crippen molar-refractivity contribution in [2.45, 2.75) is 26.4 Å². The van der Waals surface area contributed by atoms with Crippen molar-refractivity contribution >= 4 is 31.9 Å². The molecule has 3 nitrogen and oxygen atoms in total. The number of nitrogens with one attached hydrogen (secondary N) is 1. The summed E-state index contributed by atoms with van der Waals surface area (Å²) in [5.41, 5.74) is 1.22. The Morgan fingerprint density at radius 2 is 1.95 bits per heavy atom. The monoisotopic (exact) mass is 401 g/mol. The van der Waals surface area contributed by atoms with Gasteiger partial charge in [-0.3, -0.25) is 0 Å². The Hall–Kier alpha value is -0.780. The summed E-state index contributed by atoms with van der Waals surface area (Å²) >= 11 is 6.74. The Kier molecular flexibility index (Phi) is 5.69. The van der Waals surface area contributed by atoms with Crippen LogP contribution in [0.1, 0.15) is 31.2 Å². The highest BCUT2D eigenvalue weighted by Gasteiger charge is 2.09. The molecule has 0 saturated heterocycles. The maximum atomic E-state index is 5.54. The molecule has 1 unspecified atom stereocenters. The van der Waals surface area contributed by atoms with Crippen LogP contribution in [0, 0.1) is 0 Å². The Morgan fingerprint density at radius 3 is 2.50 bits per heavy atom. The van der Waals surface area contributed by atoms with Crippen molar-refractivity contribution in [1.29, 1.82) is 0 Å². The van der Waals surface area contributed by atoms with Gasteiger partial charge in [0.25, 0.3) is 0 Å². The maximum Gasteiger partial charge on any atom is 0.183 e. The summed E-state index contributed by atoms with van der Waals surface area (Å²) < 4.78 is 12.6. The summed E-state index contributed by atoms with van der Waals surface area (Å²) in [7, 11) is 0. The molecule has 1 heterocycles. The molecule has 0 aliphatic rings. The molecule has 0 aliphatic heterocycles.